The average Bonchev–Trinajstić information content (AvgIpc) is 2.61. The number of nitrogens with one attached hydrogen (secondary N) is 1. The number of hydrogen-bond acceptors (Lipinski definition) is 4. The van der Waals surface area contributed by atoms with Crippen molar-refractivity contribution < 1.29 is 9.53 Å². The van der Waals surface area contributed by atoms with E-state index in [1.54, 1.807) is 24.3 Å². The molecule has 1 heterocycles. The highest BCUT2D eigenvalue weighted by molar-refractivity contribution is 6.33. The van der Waals surface area contributed by atoms with Gasteiger partial charge in [-0.3, -0.25) is 4.79 Å². The number of rotatable bonds is 5. The average molecular weight is 342 g/mol. The van der Waals surface area contributed by atoms with Crippen molar-refractivity contribution >= 4 is 34.1 Å². The predicted octanol–water partition coefficient (Wildman–Crippen LogP) is 3.86. The van der Waals surface area contributed by atoms with Crippen LogP contribution in [0.25, 0.3) is 10.9 Å². The van der Waals surface area contributed by atoms with Crippen molar-refractivity contribution in [1.29, 1.82) is 0 Å². The van der Waals surface area contributed by atoms with Crippen molar-refractivity contribution in [3.63, 3.8) is 0 Å². The van der Waals surface area contributed by atoms with Gasteiger partial charge in [0.25, 0.3) is 5.91 Å². The van der Waals surface area contributed by atoms with E-state index in [-0.39, 0.29) is 12.5 Å². The normalized spacial score (nSPS) is 10.6. The minimum absolute atomic E-state index is 0.157. The number of nitrogens with zero attached hydrogens (tertiary/aromatic N) is 2. The molecule has 2 aromatic carbocycles. The standard InChI is InChI=1S/C18H16ClN3O2/c1-2-16-20-14-9-5-3-7-12(14)18(22-16)24-11-17(23)21-15-10-6-4-8-13(15)19/h3-10H,2,11H2,1H3,(H,21,23). The van der Waals surface area contributed by atoms with Gasteiger partial charge in [0.15, 0.2) is 6.61 Å². The maximum Gasteiger partial charge on any atom is 0.262 e. The second kappa shape index (κ2) is 7.27. The first-order chi connectivity index (χ1) is 11.7. The number of fused-ring (bicyclic) bond motifs is 1. The first kappa shape index (κ1) is 16.2. The Morgan fingerprint density at radius 3 is 2.67 bits per heavy atom. The minimum Gasteiger partial charge on any atom is -0.467 e. The van der Waals surface area contributed by atoms with Crippen LogP contribution in [0, 0.1) is 0 Å². The molecule has 0 aliphatic heterocycles. The zero-order chi connectivity index (χ0) is 16.9. The quantitative estimate of drug-likeness (QED) is 0.765. The monoisotopic (exact) mass is 341 g/mol. The van der Waals surface area contributed by atoms with Gasteiger partial charge in [0.05, 0.1) is 21.6 Å². The highest BCUT2D eigenvalue weighted by Crippen LogP contribution is 2.23. The van der Waals surface area contributed by atoms with Crippen LogP contribution in [0.5, 0.6) is 5.88 Å². The van der Waals surface area contributed by atoms with E-state index in [4.69, 9.17) is 16.3 Å². The smallest absolute Gasteiger partial charge is 0.262 e. The van der Waals surface area contributed by atoms with Crippen molar-refractivity contribution in [2.24, 2.45) is 0 Å². The molecule has 0 unspecified atom stereocenters. The van der Waals surface area contributed by atoms with Crippen LogP contribution in [-0.2, 0) is 11.2 Å². The summed E-state index contributed by atoms with van der Waals surface area (Å²) in [7, 11) is 0. The van der Waals surface area contributed by atoms with Crippen LogP contribution in [0.15, 0.2) is 48.5 Å². The highest BCUT2D eigenvalue weighted by atomic mass is 35.5. The van der Waals surface area contributed by atoms with Gasteiger partial charge >= 0.3 is 0 Å². The molecule has 6 heteroatoms. The molecule has 24 heavy (non-hydrogen) atoms. The van der Waals surface area contributed by atoms with Crippen LogP contribution in [0.3, 0.4) is 0 Å². The molecule has 0 fully saturated rings. The number of anilines is 1. The third-order valence-electron chi connectivity index (χ3n) is 3.42. The molecule has 3 rings (SSSR count). The largest absolute Gasteiger partial charge is 0.467 e. The van der Waals surface area contributed by atoms with E-state index in [0.29, 0.717) is 28.8 Å². The fraction of sp³-hybridized carbons (Fsp3) is 0.167. The topological polar surface area (TPSA) is 64.1 Å². The molecule has 0 bridgehead atoms. The summed E-state index contributed by atoms with van der Waals surface area (Å²) in [5.74, 6) is 0.783. The summed E-state index contributed by atoms with van der Waals surface area (Å²) in [6.07, 6.45) is 0.688. The molecule has 0 saturated heterocycles. The van der Waals surface area contributed by atoms with E-state index < -0.39 is 0 Å². The van der Waals surface area contributed by atoms with Crippen molar-refractivity contribution in [3.05, 3.63) is 59.4 Å². The van der Waals surface area contributed by atoms with Crippen LogP contribution in [0.1, 0.15) is 12.7 Å². The van der Waals surface area contributed by atoms with Gasteiger partial charge in [-0.2, -0.15) is 4.98 Å². The second-order valence-corrected chi connectivity index (χ2v) is 5.54. The SMILES string of the molecule is CCc1nc(OCC(=O)Nc2ccccc2Cl)c2ccccc2n1. The van der Waals surface area contributed by atoms with Crippen LogP contribution < -0.4 is 10.1 Å². The first-order valence-electron chi connectivity index (χ1n) is 7.60. The number of carbonyl (C=O) groups excluding carboxylic acids is 1. The molecule has 0 aliphatic carbocycles. The van der Waals surface area contributed by atoms with E-state index >= 15 is 0 Å². The Morgan fingerprint density at radius 1 is 1.12 bits per heavy atom. The van der Waals surface area contributed by atoms with Crippen molar-refractivity contribution in [3.8, 4) is 5.88 Å². The summed E-state index contributed by atoms with van der Waals surface area (Å²) >= 11 is 6.03. The number of ether oxygens (including phenoxy) is 1. The van der Waals surface area contributed by atoms with E-state index in [1.807, 2.05) is 31.2 Å². The van der Waals surface area contributed by atoms with Crippen molar-refractivity contribution in [2.45, 2.75) is 13.3 Å². The highest BCUT2D eigenvalue weighted by Gasteiger charge is 2.11. The predicted molar refractivity (Wildman–Crippen MR) is 94.5 cm³/mol. The van der Waals surface area contributed by atoms with E-state index in [2.05, 4.69) is 15.3 Å². The van der Waals surface area contributed by atoms with Gasteiger partial charge in [0.1, 0.15) is 5.82 Å². The fourth-order valence-corrected chi connectivity index (χ4v) is 2.43. The molecule has 0 atom stereocenters. The summed E-state index contributed by atoms with van der Waals surface area (Å²) in [4.78, 5) is 20.9. The summed E-state index contributed by atoms with van der Waals surface area (Å²) in [6, 6.07) is 14.6. The molecule has 1 amide bonds. The number of para-hydroxylation sites is 2. The summed E-state index contributed by atoms with van der Waals surface area (Å²) < 4.78 is 5.63. The molecule has 1 N–H and O–H groups in total. The summed E-state index contributed by atoms with van der Waals surface area (Å²) in [6.45, 7) is 1.81. The number of amides is 1. The number of carbonyl (C=O) groups is 1. The van der Waals surface area contributed by atoms with Crippen molar-refractivity contribution in [2.75, 3.05) is 11.9 Å². The van der Waals surface area contributed by atoms with Gasteiger partial charge in [-0.25, -0.2) is 4.98 Å². The van der Waals surface area contributed by atoms with Gasteiger partial charge in [-0.05, 0) is 24.3 Å². The molecule has 122 valence electrons. The molecule has 0 aliphatic rings. The van der Waals surface area contributed by atoms with E-state index in [1.165, 1.54) is 0 Å². The van der Waals surface area contributed by atoms with Crippen LogP contribution >= 0.6 is 11.6 Å². The lowest BCUT2D eigenvalue weighted by Gasteiger charge is -2.10. The molecule has 5 nitrogen and oxygen atoms in total. The Labute approximate surface area is 144 Å². The van der Waals surface area contributed by atoms with Gasteiger partial charge in [0.2, 0.25) is 5.88 Å². The van der Waals surface area contributed by atoms with Crippen LogP contribution in [0.4, 0.5) is 5.69 Å². The number of benzene rings is 2. The third-order valence-corrected chi connectivity index (χ3v) is 3.75. The lowest BCUT2D eigenvalue weighted by atomic mass is 10.2. The van der Waals surface area contributed by atoms with E-state index in [9.17, 15) is 4.79 Å². The minimum atomic E-state index is -0.302. The number of hydrogen-bond donors (Lipinski definition) is 1. The molecular weight excluding hydrogens is 326 g/mol. The van der Waals surface area contributed by atoms with E-state index in [0.717, 1.165) is 10.9 Å². The van der Waals surface area contributed by atoms with Crippen LogP contribution in [-0.4, -0.2) is 22.5 Å². The maximum atomic E-state index is 12.1. The lowest BCUT2D eigenvalue weighted by Crippen LogP contribution is -2.21. The lowest BCUT2D eigenvalue weighted by molar-refractivity contribution is -0.118. The fourth-order valence-electron chi connectivity index (χ4n) is 2.24. The van der Waals surface area contributed by atoms with Gasteiger partial charge in [0, 0.05) is 6.42 Å². The Bertz CT molecular complexity index is 883. The summed E-state index contributed by atoms with van der Waals surface area (Å²) in [5.41, 5.74) is 1.35. The number of aromatic nitrogens is 2. The Kier molecular flexibility index (Phi) is 4.91. The first-order valence-corrected chi connectivity index (χ1v) is 7.98. The van der Waals surface area contributed by atoms with Gasteiger partial charge < -0.3 is 10.1 Å². The molecule has 0 radical (unpaired) electrons. The molecule has 3 aromatic rings. The Balaban J connectivity index is 1.75. The molecule has 0 saturated carbocycles. The van der Waals surface area contributed by atoms with Crippen LogP contribution in [0.2, 0.25) is 5.02 Å². The zero-order valence-corrected chi connectivity index (χ0v) is 13.9. The zero-order valence-electron chi connectivity index (χ0n) is 13.1. The molecule has 0 spiro atoms. The van der Waals surface area contributed by atoms with Gasteiger partial charge in [-0.1, -0.05) is 42.8 Å². The second-order valence-electron chi connectivity index (χ2n) is 5.13. The Hall–Kier alpha value is -2.66. The number of halogens is 1. The third kappa shape index (κ3) is 3.63. The summed E-state index contributed by atoms with van der Waals surface area (Å²) in [5, 5.41) is 3.97. The molecular formula is C18H16ClN3O2. The maximum absolute atomic E-state index is 12.1. The number of aryl methyl sites for hydroxylation is 1. The molecule has 1 aromatic heterocycles. The van der Waals surface area contributed by atoms with Gasteiger partial charge in [-0.15, -0.1) is 0 Å². The Morgan fingerprint density at radius 2 is 1.88 bits per heavy atom. The van der Waals surface area contributed by atoms with Crippen molar-refractivity contribution in [1.82, 2.24) is 9.97 Å².